The SMILES string of the molecule is S=C(NCc1ccco1)N1CCO[C@H](COc2cncc(Cl)c2)C1. The number of aromatic nitrogens is 1. The zero-order valence-electron chi connectivity index (χ0n) is 13.0. The molecule has 0 radical (unpaired) electrons. The highest BCUT2D eigenvalue weighted by Gasteiger charge is 2.23. The van der Waals surface area contributed by atoms with Crippen LogP contribution in [0.25, 0.3) is 0 Å². The summed E-state index contributed by atoms with van der Waals surface area (Å²) in [6, 6.07) is 5.49. The number of furan rings is 1. The molecular formula is C16H18ClN3O3S. The molecule has 0 aromatic carbocycles. The molecule has 0 amide bonds. The Morgan fingerprint density at radius 2 is 2.42 bits per heavy atom. The van der Waals surface area contributed by atoms with Gasteiger partial charge in [-0.05, 0) is 24.4 Å². The highest BCUT2D eigenvalue weighted by Crippen LogP contribution is 2.16. The first-order valence-electron chi connectivity index (χ1n) is 7.61. The summed E-state index contributed by atoms with van der Waals surface area (Å²) in [6.07, 6.45) is 4.77. The zero-order valence-corrected chi connectivity index (χ0v) is 14.6. The average molecular weight is 368 g/mol. The van der Waals surface area contributed by atoms with Crippen LogP contribution in [-0.2, 0) is 11.3 Å². The lowest BCUT2D eigenvalue weighted by atomic mass is 10.3. The van der Waals surface area contributed by atoms with Crippen LogP contribution in [0, 0.1) is 0 Å². The van der Waals surface area contributed by atoms with Crippen molar-refractivity contribution < 1.29 is 13.9 Å². The fraction of sp³-hybridized carbons (Fsp3) is 0.375. The number of thiocarbonyl (C=S) groups is 1. The zero-order chi connectivity index (χ0) is 16.8. The summed E-state index contributed by atoms with van der Waals surface area (Å²) in [4.78, 5) is 6.07. The molecule has 1 saturated heterocycles. The molecule has 1 N–H and O–H groups in total. The van der Waals surface area contributed by atoms with Crippen molar-refractivity contribution in [2.45, 2.75) is 12.6 Å². The van der Waals surface area contributed by atoms with Gasteiger partial charge in [-0.15, -0.1) is 0 Å². The van der Waals surface area contributed by atoms with E-state index in [1.165, 1.54) is 0 Å². The van der Waals surface area contributed by atoms with Gasteiger partial charge in [0.2, 0.25) is 0 Å². The maximum Gasteiger partial charge on any atom is 0.169 e. The molecule has 0 bridgehead atoms. The van der Waals surface area contributed by atoms with Crippen molar-refractivity contribution in [2.75, 3.05) is 26.3 Å². The van der Waals surface area contributed by atoms with Gasteiger partial charge in [-0.2, -0.15) is 0 Å². The Morgan fingerprint density at radius 3 is 3.21 bits per heavy atom. The fourth-order valence-corrected chi connectivity index (χ4v) is 2.75. The van der Waals surface area contributed by atoms with Crippen LogP contribution in [-0.4, -0.2) is 47.4 Å². The third-order valence-electron chi connectivity index (χ3n) is 3.54. The molecule has 0 spiro atoms. The summed E-state index contributed by atoms with van der Waals surface area (Å²) in [7, 11) is 0. The van der Waals surface area contributed by atoms with Gasteiger partial charge in [-0.3, -0.25) is 4.98 Å². The van der Waals surface area contributed by atoms with E-state index in [-0.39, 0.29) is 6.10 Å². The minimum atomic E-state index is -0.0684. The first-order valence-corrected chi connectivity index (χ1v) is 8.39. The van der Waals surface area contributed by atoms with Crippen molar-refractivity contribution in [3.63, 3.8) is 0 Å². The predicted octanol–water partition coefficient (Wildman–Crippen LogP) is 2.48. The Balaban J connectivity index is 1.46. The van der Waals surface area contributed by atoms with E-state index in [0.717, 1.165) is 12.3 Å². The Kier molecular flexibility index (Phi) is 5.90. The summed E-state index contributed by atoms with van der Waals surface area (Å²) in [6.45, 7) is 3.00. The number of pyridine rings is 1. The predicted molar refractivity (Wildman–Crippen MR) is 94.2 cm³/mol. The lowest BCUT2D eigenvalue weighted by Crippen LogP contribution is -2.50. The first kappa shape index (κ1) is 17.0. The van der Waals surface area contributed by atoms with Gasteiger partial charge in [0, 0.05) is 25.4 Å². The molecule has 0 aliphatic carbocycles. The number of nitrogens with one attached hydrogen (secondary N) is 1. The number of nitrogens with zero attached hydrogens (tertiary/aromatic N) is 2. The lowest BCUT2D eigenvalue weighted by Gasteiger charge is -2.34. The second-order valence-corrected chi connectivity index (χ2v) is 6.15. The number of morpholine rings is 1. The lowest BCUT2D eigenvalue weighted by molar-refractivity contribution is -0.0288. The molecular weight excluding hydrogens is 350 g/mol. The smallest absolute Gasteiger partial charge is 0.169 e. The maximum atomic E-state index is 5.89. The monoisotopic (exact) mass is 367 g/mol. The molecule has 24 heavy (non-hydrogen) atoms. The number of halogens is 1. The first-order chi connectivity index (χ1) is 11.7. The number of hydrogen-bond acceptors (Lipinski definition) is 5. The van der Waals surface area contributed by atoms with Crippen LogP contribution >= 0.6 is 23.8 Å². The highest BCUT2D eigenvalue weighted by atomic mass is 35.5. The van der Waals surface area contributed by atoms with Crippen molar-refractivity contribution in [3.8, 4) is 5.75 Å². The molecule has 8 heteroatoms. The van der Waals surface area contributed by atoms with Crippen LogP contribution in [0.15, 0.2) is 41.3 Å². The van der Waals surface area contributed by atoms with E-state index < -0.39 is 0 Å². The third kappa shape index (κ3) is 4.83. The van der Waals surface area contributed by atoms with Crippen molar-refractivity contribution in [3.05, 3.63) is 47.6 Å². The van der Waals surface area contributed by atoms with Crippen LogP contribution in [0.3, 0.4) is 0 Å². The average Bonchev–Trinajstić information content (AvgIpc) is 3.12. The highest BCUT2D eigenvalue weighted by molar-refractivity contribution is 7.80. The molecule has 0 saturated carbocycles. The Hall–Kier alpha value is -1.83. The van der Waals surface area contributed by atoms with E-state index in [1.807, 2.05) is 12.1 Å². The minimum Gasteiger partial charge on any atom is -0.489 e. The molecule has 1 aliphatic rings. The van der Waals surface area contributed by atoms with Crippen molar-refractivity contribution in [1.82, 2.24) is 15.2 Å². The summed E-state index contributed by atoms with van der Waals surface area (Å²) < 4.78 is 16.7. The Bertz CT molecular complexity index is 668. The van der Waals surface area contributed by atoms with Gasteiger partial charge in [0.05, 0.1) is 30.6 Å². The van der Waals surface area contributed by atoms with Crippen molar-refractivity contribution in [2.24, 2.45) is 0 Å². The Labute approximate surface area is 150 Å². The van der Waals surface area contributed by atoms with Crippen LogP contribution in [0.4, 0.5) is 0 Å². The van der Waals surface area contributed by atoms with E-state index in [4.69, 9.17) is 37.7 Å². The molecule has 6 nitrogen and oxygen atoms in total. The number of hydrogen-bond donors (Lipinski definition) is 1. The second kappa shape index (κ2) is 8.32. The molecule has 1 fully saturated rings. The molecule has 1 aliphatic heterocycles. The van der Waals surface area contributed by atoms with E-state index in [2.05, 4.69) is 15.2 Å². The van der Waals surface area contributed by atoms with Gasteiger partial charge < -0.3 is 24.1 Å². The number of ether oxygens (including phenoxy) is 2. The fourth-order valence-electron chi connectivity index (χ4n) is 2.35. The summed E-state index contributed by atoms with van der Waals surface area (Å²) in [5.74, 6) is 1.47. The molecule has 2 aromatic heterocycles. The van der Waals surface area contributed by atoms with Gasteiger partial charge in [-0.25, -0.2) is 0 Å². The van der Waals surface area contributed by atoms with Crippen LogP contribution in [0.5, 0.6) is 5.75 Å². The van der Waals surface area contributed by atoms with Gasteiger partial charge >= 0.3 is 0 Å². The summed E-state index contributed by atoms with van der Waals surface area (Å²) in [5.41, 5.74) is 0. The van der Waals surface area contributed by atoms with Crippen LogP contribution in [0.1, 0.15) is 5.76 Å². The van der Waals surface area contributed by atoms with Gasteiger partial charge in [0.25, 0.3) is 0 Å². The standard InChI is InChI=1S/C16H18ClN3O3S/c17-12-6-14(8-18-7-12)23-11-15-10-20(3-5-22-15)16(24)19-9-13-2-1-4-21-13/h1-2,4,6-8,15H,3,5,9-11H2,(H,19,24)/t15-/m0/s1. The van der Waals surface area contributed by atoms with Gasteiger partial charge in [0.15, 0.2) is 5.11 Å². The number of rotatable bonds is 5. The normalized spacial score (nSPS) is 17.5. The van der Waals surface area contributed by atoms with E-state index in [1.54, 1.807) is 24.7 Å². The van der Waals surface area contributed by atoms with Crippen LogP contribution < -0.4 is 10.1 Å². The molecule has 3 rings (SSSR count). The summed E-state index contributed by atoms with van der Waals surface area (Å²) >= 11 is 11.3. The van der Waals surface area contributed by atoms with Crippen molar-refractivity contribution in [1.29, 1.82) is 0 Å². The Morgan fingerprint density at radius 1 is 1.50 bits per heavy atom. The molecule has 3 heterocycles. The quantitative estimate of drug-likeness (QED) is 0.814. The van der Waals surface area contributed by atoms with E-state index in [9.17, 15) is 0 Å². The van der Waals surface area contributed by atoms with Crippen molar-refractivity contribution >= 4 is 28.9 Å². The second-order valence-electron chi connectivity index (χ2n) is 5.33. The molecule has 0 unspecified atom stereocenters. The minimum absolute atomic E-state index is 0.0684. The topological polar surface area (TPSA) is 59.8 Å². The molecule has 2 aromatic rings. The van der Waals surface area contributed by atoms with Gasteiger partial charge in [0.1, 0.15) is 24.2 Å². The van der Waals surface area contributed by atoms with E-state index in [0.29, 0.717) is 42.2 Å². The maximum absolute atomic E-state index is 5.89. The summed E-state index contributed by atoms with van der Waals surface area (Å²) in [5, 5.41) is 4.42. The molecule has 1 atom stereocenters. The largest absolute Gasteiger partial charge is 0.489 e. The third-order valence-corrected chi connectivity index (χ3v) is 4.14. The molecule has 128 valence electrons. The van der Waals surface area contributed by atoms with Crippen LogP contribution in [0.2, 0.25) is 5.02 Å². The van der Waals surface area contributed by atoms with E-state index >= 15 is 0 Å². The van der Waals surface area contributed by atoms with Gasteiger partial charge in [-0.1, -0.05) is 11.6 Å².